The molecule has 1 N–H and O–H groups in total. The minimum Gasteiger partial charge on any atom is -0.271 e. The van der Waals surface area contributed by atoms with Crippen molar-refractivity contribution < 1.29 is 13.2 Å². The first-order valence-electron chi connectivity index (χ1n) is 8.69. The summed E-state index contributed by atoms with van der Waals surface area (Å²) in [6.07, 6.45) is 2.63. The Morgan fingerprint density at radius 2 is 1.71 bits per heavy atom. The lowest BCUT2D eigenvalue weighted by Crippen LogP contribution is -2.39. The van der Waals surface area contributed by atoms with Crippen molar-refractivity contribution in [2.45, 2.75) is 6.92 Å². The lowest BCUT2D eigenvalue weighted by atomic mass is 10.1. The van der Waals surface area contributed by atoms with E-state index in [1.807, 2.05) is 48.5 Å². The van der Waals surface area contributed by atoms with Gasteiger partial charge in [-0.3, -0.25) is 9.10 Å². The second kappa shape index (κ2) is 8.22. The lowest BCUT2D eigenvalue weighted by molar-refractivity contribution is -0.119. The number of carbonyl (C=O) groups is 1. The molecule has 0 aliphatic rings. The number of rotatable bonds is 6. The predicted molar refractivity (Wildman–Crippen MR) is 113 cm³/mol. The van der Waals surface area contributed by atoms with Crippen LogP contribution in [0.25, 0.3) is 10.8 Å². The zero-order chi connectivity index (χ0) is 20.1. The van der Waals surface area contributed by atoms with E-state index in [0.29, 0.717) is 5.69 Å². The van der Waals surface area contributed by atoms with Crippen LogP contribution in [-0.2, 0) is 14.8 Å². The van der Waals surface area contributed by atoms with Gasteiger partial charge in [-0.1, -0.05) is 60.7 Å². The van der Waals surface area contributed by atoms with E-state index in [1.54, 1.807) is 31.3 Å². The first kappa shape index (κ1) is 19.6. The molecule has 0 aliphatic carbocycles. The van der Waals surface area contributed by atoms with E-state index < -0.39 is 15.9 Å². The number of anilines is 1. The molecule has 0 bridgehead atoms. The van der Waals surface area contributed by atoms with Crippen LogP contribution in [-0.4, -0.2) is 33.3 Å². The summed E-state index contributed by atoms with van der Waals surface area (Å²) < 4.78 is 25.4. The predicted octanol–water partition coefficient (Wildman–Crippen LogP) is 3.06. The summed E-state index contributed by atoms with van der Waals surface area (Å²) in [5.74, 6) is -0.523. The molecule has 0 fully saturated rings. The Kier molecular flexibility index (Phi) is 5.75. The first-order chi connectivity index (χ1) is 13.4. The highest BCUT2D eigenvalue weighted by molar-refractivity contribution is 7.92. The fraction of sp³-hybridized carbons (Fsp3) is 0.143. The molecule has 0 spiro atoms. The summed E-state index contributed by atoms with van der Waals surface area (Å²) in [5, 5.41) is 6.08. The molecule has 0 heterocycles. The average molecular weight is 395 g/mol. The highest BCUT2D eigenvalue weighted by Crippen LogP contribution is 2.21. The van der Waals surface area contributed by atoms with Crippen molar-refractivity contribution in [2.24, 2.45) is 5.10 Å². The topological polar surface area (TPSA) is 78.8 Å². The minimum atomic E-state index is -3.62. The van der Waals surface area contributed by atoms with E-state index in [9.17, 15) is 13.2 Å². The number of carbonyl (C=O) groups excluding carboxylic acids is 1. The van der Waals surface area contributed by atoms with E-state index in [2.05, 4.69) is 10.5 Å². The van der Waals surface area contributed by atoms with Crippen LogP contribution in [0.3, 0.4) is 0 Å². The van der Waals surface area contributed by atoms with Gasteiger partial charge in [0.05, 0.1) is 18.2 Å². The summed E-state index contributed by atoms with van der Waals surface area (Å²) in [6.45, 7) is 1.45. The molecule has 28 heavy (non-hydrogen) atoms. The molecule has 3 rings (SSSR count). The number of fused-ring (bicyclic) bond motifs is 1. The van der Waals surface area contributed by atoms with Gasteiger partial charge in [0.2, 0.25) is 10.0 Å². The van der Waals surface area contributed by atoms with Crippen LogP contribution in [0.1, 0.15) is 11.1 Å². The van der Waals surface area contributed by atoms with E-state index in [4.69, 9.17) is 0 Å². The molecule has 0 saturated heterocycles. The smallest absolute Gasteiger partial charge is 0.260 e. The van der Waals surface area contributed by atoms with E-state index in [-0.39, 0.29) is 6.54 Å². The second-order valence-electron chi connectivity index (χ2n) is 6.42. The van der Waals surface area contributed by atoms with E-state index >= 15 is 0 Å². The number of benzene rings is 3. The molecule has 0 radical (unpaired) electrons. The van der Waals surface area contributed by atoms with Crippen molar-refractivity contribution in [3.8, 4) is 0 Å². The van der Waals surface area contributed by atoms with E-state index in [0.717, 1.165) is 32.5 Å². The zero-order valence-corrected chi connectivity index (χ0v) is 16.5. The molecule has 7 heteroatoms. The van der Waals surface area contributed by atoms with Crippen molar-refractivity contribution in [2.75, 3.05) is 17.1 Å². The number of sulfonamides is 1. The third-order valence-electron chi connectivity index (χ3n) is 4.29. The molecule has 144 valence electrons. The fourth-order valence-corrected chi connectivity index (χ4v) is 3.84. The average Bonchev–Trinajstić information content (AvgIpc) is 2.66. The van der Waals surface area contributed by atoms with Gasteiger partial charge in [0.1, 0.15) is 6.54 Å². The van der Waals surface area contributed by atoms with Crippen LogP contribution in [0.15, 0.2) is 71.8 Å². The zero-order valence-electron chi connectivity index (χ0n) is 15.7. The molecule has 3 aromatic carbocycles. The number of amides is 1. The molecule has 0 aromatic heterocycles. The molecule has 0 unspecified atom stereocenters. The van der Waals surface area contributed by atoms with Gasteiger partial charge in [-0.05, 0) is 29.3 Å². The number of aryl methyl sites for hydroxylation is 1. The maximum absolute atomic E-state index is 12.3. The Bertz CT molecular complexity index is 1140. The van der Waals surface area contributed by atoms with Crippen LogP contribution in [0.4, 0.5) is 5.69 Å². The van der Waals surface area contributed by atoms with Crippen molar-refractivity contribution in [3.63, 3.8) is 0 Å². The Morgan fingerprint density at radius 3 is 2.46 bits per heavy atom. The van der Waals surface area contributed by atoms with Gasteiger partial charge in [0.25, 0.3) is 5.91 Å². The summed E-state index contributed by atoms with van der Waals surface area (Å²) >= 11 is 0. The molecular formula is C21H21N3O3S. The Morgan fingerprint density at radius 1 is 1.04 bits per heavy atom. The summed E-state index contributed by atoms with van der Waals surface area (Å²) in [5.41, 5.74) is 4.51. The number of hydrogen-bond acceptors (Lipinski definition) is 4. The maximum Gasteiger partial charge on any atom is 0.260 e. The van der Waals surface area contributed by atoms with Gasteiger partial charge >= 0.3 is 0 Å². The Labute approximate surface area is 164 Å². The van der Waals surface area contributed by atoms with E-state index in [1.165, 1.54) is 0 Å². The van der Waals surface area contributed by atoms with Gasteiger partial charge in [-0.2, -0.15) is 5.10 Å². The minimum absolute atomic E-state index is 0.351. The maximum atomic E-state index is 12.3. The quantitative estimate of drug-likeness (QED) is 0.515. The van der Waals surface area contributed by atoms with Crippen LogP contribution >= 0.6 is 0 Å². The molecular weight excluding hydrogens is 374 g/mol. The summed E-state index contributed by atoms with van der Waals surface area (Å²) in [4.78, 5) is 12.3. The van der Waals surface area contributed by atoms with Crippen molar-refractivity contribution in [1.82, 2.24) is 5.43 Å². The highest BCUT2D eigenvalue weighted by atomic mass is 32.2. The van der Waals surface area contributed by atoms with Crippen LogP contribution in [0.2, 0.25) is 0 Å². The third kappa shape index (κ3) is 4.55. The Hall–Kier alpha value is -3.19. The first-order valence-corrected chi connectivity index (χ1v) is 10.5. The summed E-state index contributed by atoms with van der Waals surface area (Å²) in [7, 11) is -3.62. The molecule has 0 aliphatic heterocycles. The van der Waals surface area contributed by atoms with Gasteiger partial charge < -0.3 is 0 Å². The van der Waals surface area contributed by atoms with Crippen molar-refractivity contribution in [3.05, 3.63) is 77.9 Å². The van der Waals surface area contributed by atoms with Crippen LogP contribution < -0.4 is 9.73 Å². The van der Waals surface area contributed by atoms with Gasteiger partial charge in [-0.15, -0.1) is 0 Å². The number of hydrazone groups is 1. The largest absolute Gasteiger partial charge is 0.271 e. The number of hydrogen-bond donors (Lipinski definition) is 1. The Balaban J connectivity index is 1.75. The highest BCUT2D eigenvalue weighted by Gasteiger charge is 2.21. The normalized spacial score (nSPS) is 11.6. The molecule has 0 saturated carbocycles. The van der Waals surface area contributed by atoms with Gasteiger partial charge in [-0.25, -0.2) is 13.8 Å². The number of nitrogens with one attached hydrogen (secondary N) is 1. The SMILES string of the molecule is Cc1ccccc1N(CC(=O)N/N=C\c1cccc2ccccc12)S(C)(=O)=O. The monoisotopic (exact) mass is 395 g/mol. The van der Waals surface area contributed by atoms with Gasteiger partial charge in [0, 0.05) is 5.56 Å². The van der Waals surface area contributed by atoms with Crippen LogP contribution in [0, 0.1) is 6.92 Å². The number of nitrogens with zero attached hydrogens (tertiary/aromatic N) is 2. The molecule has 6 nitrogen and oxygen atoms in total. The van der Waals surface area contributed by atoms with Crippen molar-refractivity contribution in [1.29, 1.82) is 0 Å². The van der Waals surface area contributed by atoms with Crippen LogP contribution in [0.5, 0.6) is 0 Å². The molecule has 1 amide bonds. The standard InChI is InChI=1S/C21H21N3O3S/c1-16-8-3-6-13-20(16)24(28(2,26)27)15-21(25)23-22-14-18-11-7-10-17-9-4-5-12-19(17)18/h3-14H,15H2,1-2H3,(H,23,25)/b22-14-. The van der Waals surface area contributed by atoms with Gasteiger partial charge in [0.15, 0.2) is 0 Å². The fourth-order valence-electron chi connectivity index (χ4n) is 2.93. The van der Waals surface area contributed by atoms with Crippen molar-refractivity contribution >= 4 is 38.6 Å². The molecule has 3 aromatic rings. The molecule has 0 atom stereocenters. The summed E-state index contributed by atoms with van der Waals surface area (Å²) in [6, 6.07) is 20.7. The lowest BCUT2D eigenvalue weighted by Gasteiger charge is -2.23. The number of para-hydroxylation sites is 1. The third-order valence-corrected chi connectivity index (χ3v) is 5.41. The second-order valence-corrected chi connectivity index (χ2v) is 8.32.